The Labute approximate surface area is 148 Å². The lowest BCUT2D eigenvalue weighted by molar-refractivity contribution is 0.388. The molecule has 0 atom stereocenters. The molecule has 1 heterocycles. The summed E-state index contributed by atoms with van der Waals surface area (Å²) < 4.78 is 32.6. The van der Waals surface area contributed by atoms with Crippen molar-refractivity contribution < 1.29 is 13.5 Å². The van der Waals surface area contributed by atoms with E-state index in [0.717, 1.165) is 0 Å². The molecular formula is C20H16F2N2O2. The summed E-state index contributed by atoms with van der Waals surface area (Å²) >= 11 is 0. The van der Waals surface area contributed by atoms with E-state index in [1.54, 1.807) is 37.3 Å². The molecule has 0 bridgehead atoms. The summed E-state index contributed by atoms with van der Waals surface area (Å²) in [6, 6.07) is 10.4. The van der Waals surface area contributed by atoms with Crippen molar-refractivity contribution in [3.05, 3.63) is 81.3 Å². The van der Waals surface area contributed by atoms with Crippen LogP contribution in [-0.4, -0.2) is 17.3 Å². The molecule has 0 unspecified atom stereocenters. The standard InChI is InChI=1S/C20H16F2N2O2/c1-12-18(15-7-4-8-17(22)19(15)26-2)16(20(25)24-23-12)10-9-13-5-3-6-14(21)11-13/h3-11H,1-2H3,(H,24,25). The van der Waals surface area contributed by atoms with E-state index in [1.165, 1.54) is 31.4 Å². The van der Waals surface area contributed by atoms with E-state index in [0.29, 0.717) is 22.4 Å². The largest absolute Gasteiger partial charge is 0.493 e. The van der Waals surface area contributed by atoms with Gasteiger partial charge in [0.05, 0.1) is 18.4 Å². The van der Waals surface area contributed by atoms with Gasteiger partial charge in [-0.15, -0.1) is 0 Å². The van der Waals surface area contributed by atoms with Gasteiger partial charge in [0.25, 0.3) is 5.56 Å². The molecule has 1 aromatic heterocycles. The molecule has 3 rings (SSSR count). The number of methoxy groups -OCH3 is 1. The maximum Gasteiger partial charge on any atom is 0.272 e. The Bertz CT molecular complexity index is 1040. The van der Waals surface area contributed by atoms with Crippen LogP contribution in [0.15, 0.2) is 47.3 Å². The molecule has 0 saturated carbocycles. The van der Waals surface area contributed by atoms with Crippen LogP contribution in [-0.2, 0) is 0 Å². The zero-order valence-corrected chi connectivity index (χ0v) is 14.2. The van der Waals surface area contributed by atoms with Crippen molar-refractivity contribution in [2.24, 2.45) is 0 Å². The van der Waals surface area contributed by atoms with Crippen molar-refractivity contribution in [3.8, 4) is 16.9 Å². The number of hydrogen-bond donors (Lipinski definition) is 1. The summed E-state index contributed by atoms with van der Waals surface area (Å²) in [6.45, 7) is 1.70. The minimum Gasteiger partial charge on any atom is -0.493 e. The Morgan fingerprint density at radius 2 is 1.88 bits per heavy atom. The van der Waals surface area contributed by atoms with E-state index < -0.39 is 11.4 Å². The zero-order valence-electron chi connectivity index (χ0n) is 14.2. The van der Waals surface area contributed by atoms with Crippen molar-refractivity contribution in [3.63, 3.8) is 0 Å². The highest BCUT2D eigenvalue weighted by Crippen LogP contribution is 2.35. The van der Waals surface area contributed by atoms with Crippen molar-refractivity contribution >= 4 is 12.2 Å². The first-order valence-corrected chi connectivity index (χ1v) is 7.87. The topological polar surface area (TPSA) is 55.0 Å². The van der Waals surface area contributed by atoms with E-state index in [9.17, 15) is 13.6 Å². The molecule has 132 valence electrons. The number of rotatable bonds is 4. The number of halogens is 2. The second kappa shape index (κ2) is 7.31. The fraction of sp³-hybridized carbons (Fsp3) is 0.100. The van der Waals surface area contributed by atoms with Crippen LogP contribution in [0.3, 0.4) is 0 Å². The van der Waals surface area contributed by atoms with Gasteiger partial charge < -0.3 is 4.74 Å². The quantitative estimate of drug-likeness (QED) is 0.764. The first kappa shape index (κ1) is 17.5. The third kappa shape index (κ3) is 3.39. The minimum atomic E-state index is -0.537. The molecular weight excluding hydrogens is 338 g/mol. The lowest BCUT2D eigenvalue weighted by Gasteiger charge is -2.13. The van der Waals surface area contributed by atoms with E-state index in [4.69, 9.17) is 4.74 Å². The number of aromatic amines is 1. The summed E-state index contributed by atoms with van der Waals surface area (Å²) in [5, 5.41) is 6.39. The van der Waals surface area contributed by atoms with Gasteiger partial charge in [0.15, 0.2) is 11.6 Å². The summed E-state index contributed by atoms with van der Waals surface area (Å²) in [7, 11) is 1.36. The number of aryl methyl sites for hydroxylation is 1. The Kier molecular flexibility index (Phi) is 4.93. The van der Waals surface area contributed by atoms with E-state index in [1.807, 2.05) is 0 Å². The van der Waals surface area contributed by atoms with Gasteiger partial charge in [-0.05, 0) is 36.8 Å². The van der Waals surface area contributed by atoms with Gasteiger partial charge in [0.1, 0.15) is 5.82 Å². The molecule has 2 aromatic carbocycles. The number of ether oxygens (including phenoxy) is 1. The molecule has 0 fully saturated rings. The van der Waals surface area contributed by atoms with Crippen LogP contribution in [0.5, 0.6) is 5.75 Å². The fourth-order valence-electron chi connectivity index (χ4n) is 2.76. The Morgan fingerprint density at radius 3 is 2.62 bits per heavy atom. The van der Waals surface area contributed by atoms with Crippen molar-refractivity contribution in [2.75, 3.05) is 7.11 Å². The first-order valence-electron chi connectivity index (χ1n) is 7.87. The Balaban J connectivity index is 2.20. The monoisotopic (exact) mass is 354 g/mol. The van der Waals surface area contributed by atoms with Gasteiger partial charge in [0.2, 0.25) is 0 Å². The third-order valence-electron chi connectivity index (χ3n) is 3.93. The molecule has 0 amide bonds. The summed E-state index contributed by atoms with van der Waals surface area (Å²) in [6.07, 6.45) is 3.17. The molecule has 0 saturated heterocycles. The highest BCUT2D eigenvalue weighted by Gasteiger charge is 2.18. The molecule has 0 aliphatic carbocycles. The van der Waals surface area contributed by atoms with Crippen LogP contribution < -0.4 is 10.3 Å². The molecule has 0 radical (unpaired) electrons. The van der Waals surface area contributed by atoms with Crippen molar-refractivity contribution in [1.29, 1.82) is 0 Å². The van der Waals surface area contributed by atoms with E-state index in [-0.39, 0.29) is 17.1 Å². The van der Waals surface area contributed by atoms with Crippen LogP contribution in [0.25, 0.3) is 23.3 Å². The number of hydrogen-bond acceptors (Lipinski definition) is 3. The summed E-state index contributed by atoms with van der Waals surface area (Å²) in [5.41, 5.74) is 1.82. The van der Waals surface area contributed by atoms with Crippen LogP contribution in [0.4, 0.5) is 8.78 Å². The van der Waals surface area contributed by atoms with Crippen LogP contribution >= 0.6 is 0 Å². The summed E-state index contributed by atoms with van der Waals surface area (Å²) in [4.78, 5) is 12.4. The molecule has 4 nitrogen and oxygen atoms in total. The van der Waals surface area contributed by atoms with E-state index >= 15 is 0 Å². The zero-order chi connectivity index (χ0) is 18.7. The number of H-pyrrole nitrogens is 1. The molecule has 26 heavy (non-hydrogen) atoms. The molecule has 0 aliphatic heterocycles. The second-order valence-corrected chi connectivity index (χ2v) is 5.64. The van der Waals surface area contributed by atoms with Gasteiger partial charge in [-0.3, -0.25) is 4.79 Å². The number of nitrogens with one attached hydrogen (secondary N) is 1. The van der Waals surface area contributed by atoms with Crippen molar-refractivity contribution in [2.45, 2.75) is 6.92 Å². The Morgan fingerprint density at radius 1 is 1.12 bits per heavy atom. The number of nitrogens with zero attached hydrogens (tertiary/aromatic N) is 1. The normalized spacial score (nSPS) is 11.1. The van der Waals surface area contributed by atoms with Crippen LogP contribution in [0.1, 0.15) is 16.8 Å². The SMILES string of the molecule is COc1c(F)cccc1-c1c(C)n[nH]c(=O)c1C=Cc1cccc(F)c1. The number of aromatic nitrogens is 2. The molecule has 0 spiro atoms. The summed E-state index contributed by atoms with van der Waals surface area (Å²) in [5.74, 6) is -0.882. The van der Waals surface area contributed by atoms with Crippen LogP contribution in [0, 0.1) is 18.6 Å². The Hall–Kier alpha value is -3.28. The fourth-order valence-corrected chi connectivity index (χ4v) is 2.76. The maximum atomic E-state index is 14.1. The lowest BCUT2D eigenvalue weighted by Crippen LogP contribution is -2.15. The average molecular weight is 354 g/mol. The predicted octanol–water partition coefficient (Wildman–Crippen LogP) is 4.20. The highest BCUT2D eigenvalue weighted by molar-refractivity contribution is 5.84. The average Bonchev–Trinajstić information content (AvgIpc) is 2.62. The molecule has 0 aliphatic rings. The van der Waals surface area contributed by atoms with Gasteiger partial charge in [-0.25, -0.2) is 13.9 Å². The molecule has 1 N–H and O–H groups in total. The first-order chi connectivity index (χ1) is 12.5. The van der Waals surface area contributed by atoms with Crippen LogP contribution in [0.2, 0.25) is 0 Å². The highest BCUT2D eigenvalue weighted by atomic mass is 19.1. The molecule has 3 aromatic rings. The predicted molar refractivity (Wildman–Crippen MR) is 96.9 cm³/mol. The van der Waals surface area contributed by atoms with Gasteiger partial charge in [0, 0.05) is 11.1 Å². The van der Waals surface area contributed by atoms with Gasteiger partial charge >= 0.3 is 0 Å². The maximum absolute atomic E-state index is 14.1. The molecule has 6 heteroatoms. The van der Waals surface area contributed by atoms with Gasteiger partial charge in [-0.1, -0.05) is 30.3 Å². The number of benzene rings is 2. The lowest BCUT2D eigenvalue weighted by atomic mass is 9.97. The van der Waals surface area contributed by atoms with E-state index in [2.05, 4.69) is 10.2 Å². The second-order valence-electron chi connectivity index (χ2n) is 5.64. The van der Waals surface area contributed by atoms with Gasteiger partial charge in [-0.2, -0.15) is 5.10 Å². The smallest absolute Gasteiger partial charge is 0.272 e. The number of para-hydroxylation sites is 1. The van der Waals surface area contributed by atoms with Crippen molar-refractivity contribution in [1.82, 2.24) is 10.2 Å². The third-order valence-corrected chi connectivity index (χ3v) is 3.93. The minimum absolute atomic E-state index is 0.0309.